The van der Waals surface area contributed by atoms with Gasteiger partial charge >= 0.3 is 0 Å². The SMILES string of the molecule is O=C1c2ccccc2C(=O)N1CCCc1cccc(C#Cc2cccc3ccccc23)c1. The predicted molar refractivity (Wildman–Crippen MR) is 127 cm³/mol. The average Bonchev–Trinajstić information content (AvgIpc) is 3.08. The third-order valence-corrected chi connectivity index (χ3v) is 5.78. The molecule has 3 nitrogen and oxygen atoms in total. The van der Waals surface area contributed by atoms with Crippen LogP contribution < -0.4 is 0 Å². The molecule has 1 aliphatic heterocycles. The number of hydrogen-bond donors (Lipinski definition) is 0. The number of hydrogen-bond acceptors (Lipinski definition) is 2. The number of carbonyl (C=O) groups is 2. The first-order valence-corrected chi connectivity index (χ1v) is 10.7. The Morgan fingerprint density at radius 3 is 2.19 bits per heavy atom. The summed E-state index contributed by atoms with van der Waals surface area (Å²) in [5, 5.41) is 2.33. The molecule has 0 aliphatic carbocycles. The molecule has 0 fully saturated rings. The van der Waals surface area contributed by atoms with E-state index in [9.17, 15) is 9.59 Å². The van der Waals surface area contributed by atoms with Crippen LogP contribution in [0.15, 0.2) is 91.0 Å². The van der Waals surface area contributed by atoms with Crippen LogP contribution in [0, 0.1) is 11.8 Å². The maximum atomic E-state index is 12.5. The number of carbonyl (C=O) groups excluding carboxylic acids is 2. The molecule has 0 aromatic heterocycles. The molecule has 0 saturated carbocycles. The van der Waals surface area contributed by atoms with Crippen molar-refractivity contribution in [3.63, 3.8) is 0 Å². The molecule has 0 spiro atoms. The van der Waals surface area contributed by atoms with Gasteiger partial charge in [-0.15, -0.1) is 0 Å². The van der Waals surface area contributed by atoms with E-state index in [-0.39, 0.29) is 11.8 Å². The first kappa shape index (κ1) is 19.8. The van der Waals surface area contributed by atoms with E-state index in [1.54, 1.807) is 24.3 Å². The monoisotopic (exact) mass is 415 g/mol. The Morgan fingerprint density at radius 1 is 0.688 bits per heavy atom. The van der Waals surface area contributed by atoms with Gasteiger partial charge in [-0.25, -0.2) is 0 Å². The molecule has 0 saturated heterocycles. The fourth-order valence-electron chi connectivity index (χ4n) is 4.16. The molecule has 4 aromatic rings. The van der Waals surface area contributed by atoms with Gasteiger partial charge in [-0.05, 0) is 59.5 Å². The van der Waals surface area contributed by atoms with Gasteiger partial charge in [0.25, 0.3) is 11.8 Å². The Kier molecular flexibility index (Phi) is 5.27. The normalized spacial score (nSPS) is 12.6. The number of imide groups is 1. The fraction of sp³-hybridized carbons (Fsp3) is 0.103. The highest BCUT2D eigenvalue weighted by Crippen LogP contribution is 2.23. The maximum absolute atomic E-state index is 12.5. The van der Waals surface area contributed by atoms with Crippen molar-refractivity contribution in [3.05, 3.63) is 119 Å². The van der Waals surface area contributed by atoms with E-state index in [1.165, 1.54) is 10.3 Å². The summed E-state index contributed by atoms with van der Waals surface area (Å²) in [6.45, 7) is 0.415. The Hall–Kier alpha value is -4.16. The number of aryl methyl sites for hydroxylation is 1. The minimum absolute atomic E-state index is 0.194. The number of amides is 2. The van der Waals surface area contributed by atoms with Crippen molar-refractivity contribution >= 4 is 22.6 Å². The summed E-state index contributed by atoms with van der Waals surface area (Å²) in [5.41, 5.74) is 4.12. The van der Waals surface area contributed by atoms with E-state index in [1.807, 2.05) is 36.4 Å². The summed E-state index contributed by atoms with van der Waals surface area (Å²) in [4.78, 5) is 26.4. The van der Waals surface area contributed by atoms with Crippen LogP contribution in [-0.4, -0.2) is 23.3 Å². The molecular weight excluding hydrogens is 394 g/mol. The van der Waals surface area contributed by atoms with Crippen LogP contribution in [0.3, 0.4) is 0 Å². The van der Waals surface area contributed by atoms with Gasteiger partial charge in [0, 0.05) is 17.7 Å². The highest BCUT2D eigenvalue weighted by molar-refractivity contribution is 6.21. The van der Waals surface area contributed by atoms with Crippen LogP contribution in [-0.2, 0) is 6.42 Å². The quantitative estimate of drug-likeness (QED) is 0.327. The lowest BCUT2D eigenvalue weighted by atomic mass is 10.0. The topological polar surface area (TPSA) is 37.4 Å². The molecule has 32 heavy (non-hydrogen) atoms. The zero-order valence-corrected chi connectivity index (χ0v) is 17.5. The van der Waals surface area contributed by atoms with Gasteiger partial charge in [-0.3, -0.25) is 14.5 Å². The van der Waals surface area contributed by atoms with E-state index < -0.39 is 0 Å². The molecule has 1 heterocycles. The average molecular weight is 415 g/mol. The second-order valence-electron chi connectivity index (χ2n) is 7.89. The lowest BCUT2D eigenvalue weighted by molar-refractivity contribution is 0.0652. The predicted octanol–water partition coefficient (Wildman–Crippen LogP) is 5.47. The molecule has 1 aliphatic rings. The highest BCUT2D eigenvalue weighted by Gasteiger charge is 2.34. The molecule has 3 heteroatoms. The van der Waals surface area contributed by atoms with Gasteiger partial charge in [-0.2, -0.15) is 0 Å². The van der Waals surface area contributed by atoms with Crippen LogP contribution in [0.2, 0.25) is 0 Å². The standard InChI is InChI=1S/C29H21NO2/c31-28-26-15-3-4-16-27(26)29(32)30(28)19-7-10-21-8-5-9-22(20-21)17-18-24-13-6-12-23-11-1-2-14-25(23)24/h1-6,8-9,11-16,20H,7,10,19H2. The van der Waals surface area contributed by atoms with E-state index in [2.05, 4.69) is 42.2 Å². The summed E-state index contributed by atoms with van der Waals surface area (Å²) in [6.07, 6.45) is 1.49. The summed E-state index contributed by atoms with van der Waals surface area (Å²) >= 11 is 0. The summed E-state index contributed by atoms with van der Waals surface area (Å²) in [6, 6.07) is 29.6. The first-order chi connectivity index (χ1) is 15.7. The molecule has 2 amide bonds. The second-order valence-corrected chi connectivity index (χ2v) is 7.89. The van der Waals surface area contributed by atoms with Crippen LogP contribution >= 0.6 is 0 Å². The van der Waals surface area contributed by atoms with Crippen LogP contribution in [0.4, 0.5) is 0 Å². The fourth-order valence-corrected chi connectivity index (χ4v) is 4.16. The summed E-state index contributed by atoms with van der Waals surface area (Å²) in [7, 11) is 0. The van der Waals surface area contributed by atoms with E-state index >= 15 is 0 Å². The Morgan fingerprint density at radius 2 is 1.38 bits per heavy atom. The lowest BCUT2D eigenvalue weighted by Crippen LogP contribution is -2.30. The third kappa shape index (κ3) is 3.79. The van der Waals surface area contributed by atoms with Gasteiger partial charge in [0.1, 0.15) is 0 Å². The van der Waals surface area contributed by atoms with E-state index in [0.29, 0.717) is 24.1 Å². The van der Waals surface area contributed by atoms with E-state index in [0.717, 1.165) is 28.5 Å². The van der Waals surface area contributed by atoms with Crippen LogP contribution in [0.25, 0.3) is 10.8 Å². The van der Waals surface area contributed by atoms with Crippen molar-refractivity contribution in [2.24, 2.45) is 0 Å². The van der Waals surface area contributed by atoms with Gasteiger partial charge in [0.2, 0.25) is 0 Å². The van der Waals surface area contributed by atoms with Crippen molar-refractivity contribution in [2.45, 2.75) is 12.8 Å². The molecule has 0 bridgehead atoms. The molecule has 154 valence electrons. The van der Waals surface area contributed by atoms with Crippen molar-refractivity contribution in [2.75, 3.05) is 6.54 Å². The van der Waals surface area contributed by atoms with Crippen molar-refractivity contribution < 1.29 is 9.59 Å². The molecular formula is C29H21NO2. The smallest absolute Gasteiger partial charge is 0.261 e. The second kappa shape index (κ2) is 8.53. The number of rotatable bonds is 4. The number of benzene rings is 4. The van der Waals surface area contributed by atoms with Gasteiger partial charge in [-0.1, -0.05) is 72.5 Å². The lowest BCUT2D eigenvalue weighted by Gasteiger charge is -2.13. The van der Waals surface area contributed by atoms with Gasteiger partial charge < -0.3 is 0 Å². The largest absolute Gasteiger partial charge is 0.274 e. The molecule has 5 rings (SSSR count). The van der Waals surface area contributed by atoms with Gasteiger partial charge in [0.05, 0.1) is 11.1 Å². The molecule has 0 radical (unpaired) electrons. The van der Waals surface area contributed by atoms with Crippen LogP contribution in [0.5, 0.6) is 0 Å². The Labute approximate surface area is 187 Å². The van der Waals surface area contributed by atoms with Crippen molar-refractivity contribution in [1.82, 2.24) is 4.90 Å². The van der Waals surface area contributed by atoms with E-state index in [4.69, 9.17) is 0 Å². The van der Waals surface area contributed by atoms with Crippen molar-refractivity contribution in [1.29, 1.82) is 0 Å². The maximum Gasteiger partial charge on any atom is 0.261 e. The van der Waals surface area contributed by atoms with Crippen molar-refractivity contribution in [3.8, 4) is 11.8 Å². The Balaban J connectivity index is 1.26. The Bertz CT molecular complexity index is 1370. The minimum Gasteiger partial charge on any atom is -0.274 e. The number of fused-ring (bicyclic) bond motifs is 2. The molecule has 4 aromatic carbocycles. The summed E-state index contributed by atoms with van der Waals surface area (Å²) in [5.74, 6) is 6.20. The van der Waals surface area contributed by atoms with Crippen LogP contribution in [0.1, 0.15) is 43.8 Å². The third-order valence-electron chi connectivity index (χ3n) is 5.78. The highest BCUT2D eigenvalue weighted by atomic mass is 16.2. The zero-order chi connectivity index (χ0) is 21.9. The molecule has 0 unspecified atom stereocenters. The zero-order valence-electron chi connectivity index (χ0n) is 17.5. The number of nitrogens with zero attached hydrogens (tertiary/aromatic N) is 1. The summed E-state index contributed by atoms with van der Waals surface area (Å²) < 4.78 is 0. The molecule has 0 atom stereocenters. The molecule has 0 N–H and O–H groups in total. The first-order valence-electron chi connectivity index (χ1n) is 10.7. The minimum atomic E-state index is -0.194. The van der Waals surface area contributed by atoms with Gasteiger partial charge in [0.15, 0.2) is 0 Å².